The highest BCUT2D eigenvalue weighted by molar-refractivity contribution is 6.29. The van der Waals surface area contributed by atoms with Crippen molar-refractivity contribution in [3.05, 3.63) is 47.9 Å². The van der Waals surface area contributed by atoms with Gasteiger partial charge in [-0.2, -0.15) is 0 Å². The molecule has 0 spiro atoms. The Morgan fingerprint density at radius 2 is 1.88 bits per heavy atom. The van der Waals surface area contributed by atoms with Gasteiger partial charge in [-0.25, -0.2) is 4.98 Å². The summed E-state index contributed by atoms with van der Waals surface area (Å²) in [6.45, 7) is 0. The zero-order valence-electron chi connectivity index (χ0n) is 8.21. The maximum absolute atomic E-state index is 5.69. The minimum atomic E-state index is 0.383. The van der Waals surface area contributed by atoms with Crippen LogP contribution in [0.15, 0.2) is 42.7 Å². The van der Waals surface area contributed by atoms with Crippen LogP contribution < -0.4 is 0 Å². The lowest BCUT2D eigenvalue weighted by Gasteiger charge is -2.01. The summed E-state index contributed by atoms with van der Waals surface area (Å²) in [6.07, 6.45) is 1.72. The third kappa shape index (κ3) is 1.44. The number of aromatic nitrogens is 4. The highest BCUT2D eigenvalue weighted by Crippen LogP contribution is 2.16. The van der Waals surface area contributed by atoms with Crippen LogP contribution in [0, 0.1) is 0 Å². The minimum absolute atomic E-state index is 0.383. The molecule has 0 bridgehead atoms. The van der Waals surface area contributed by atoms with Gasteiger partial charge in [0.1, 0.15) is 6.33 Å². The van der Waals surface area contributed by atoms with Crippen molar-refractivity contribution in [1.82, 2.24) is 19.7 Å². The second-order valence-electron chi connectivity index (χ2n) is 3.32. The molecule has 0 aliphatic rings. The lowest BCUT2D eigenvalue weighted by atomic mass is 10.3. The predicted octanol–water partition coefficient (Wildman–Crippen LogP) is 2.47. The smallest absolute Gasteiger partial charge is 0.161 e. The van der Waals surface area contributed by atoms with Gasteiger partial charge in [0, 0.05) is 0 Å². The molecule has 0 radical (unpaired) electrons. The Hall–Kier alpha value is -1.94. The topological polar surface area (TPSA) is 43.6 Å². The maximum Gasteiger partial charge on any atom is 0.161 e. The summed E-state index contributed by atoms with van der Waals surface area (Å²) in [5, 5.41) is 8.20. The lowest BCUT2D eigenvalue weighted by Crippen LogP contribution is -1.97. The van der Waals surface area contributed by atoms with E-state index < -0.39 is 0 Å². The van der Waals surface area contributed by atoms with Crippen molar-refractivity contribution in [3.63, 3.8) is 0 Å². The van der Waals surface area contributed by atoms with Gasteiger partial charge in [-0.15, -0.1) is 10.2 Å². The molecule has 0 aliphatic heterocycles. The number of fused-ring (bicyclic) bond motifs is 1. The summed E-state index contributed by atoms with van der Waals surface area (Å²) in [7, 11) is 0. The van der Waals surface area contributed by atoms with Crippen molar-refractivity contribution in [2.45, 2.75) is 0 Å². The summed E-state index contributed by atoms with van der Waals surface area (Å²) in [5.41, 5.74) is 1.93. The van der Waals surface area contributed by atoms with E-state index in [2.05, 4.69) is 15.2 Å². The van der Waals surface area contributed by atoms with Crippen LogP contribution in [0.1, 0.15) is 0 Å². The Balaban J connectivity index is 2.22. The first-order chi connectivity index (χ1) is 7.84. The van der Waals surface area contributed by atoms with Gasteiger partial charge in [-0.3, -0.25) is 4.57 Å². The molecule has 0 unspecified atom stereocenters. The molecule has 2 heterocycles. The monoisotopic (exact) mass is 230 g/mol. The Bertz CT molecular complexity index is 630. The molecular formula is C11H7ClN4. The number of hydrogen-bond donors (Lipinski definition) is 0. The Kier molecular flexibility index (Phi) is 2.08. The minimum Gasteiger partial charge on any atom is -0.281 e. The maximum atomic E-state index is 5.69. The van der Waals surface area contributed by atoms with Crippen molar-refractivity contribution < 1.29 is 0 Å². The molecule has 5 heteroatoms. The number of hydrogen-bond acceptors (Lipinski definition) is 3. The SMILES string of the molecule is Clc1ccc(-n2cnc3ccccc32)nn1. The standard InChI is InChI=1S/C11H7ClN4/c12-10-5-6-11(15-14-10)16-7-13-8-3-1-2-4-9(8)16/h1-7H. The second kappa shape index (κ2) is 3.57. The van der Waals surface area contributed by atoms with E-state index in [1.807, 2.05) is 34.9 Å². The molecule has 0 amide bonds. The second-order valence-corrected chi connectivity index (χ2v) is 3.70. The van der Waals surface area contributed by atoms with Crippen LogP contribution in [0.25, 0.3) is 16.9 Å². The summed E-state index contributed by atoms with van der Waals surface area (Å²) >= 11 is 5.69. The number of rotatable bonds is 1. The quantitative estimate of drug-likeness (QED) is 0.645. The van der Waals surface area contributed by atoms with Crippen LogP contribution in [0.4, 0.5) is 0 Å². The third-order valence-electron chi connectivity index (χ3n) is 2.32. The van der Waals surface area contributed by atoms with Crippen LogP contribution >= 0.6 is 11.6 Å². The van der Waals surface area contributed by atoms with E-state index in [0.717, 1.165) is 11.0 Å². The Morgan fingerprint density at radius 3 is 2.69 bits per heavy atom. The van der Waals surface area contributed by atoms with E-state index in [-0.39, 0.29) is 0 Å². The van der Waals surface area contributed by atoms with Crippen LogP contribution in [-0.4, -0.2) is 19.7 Å². The van der Waals surface area contributed by atoms with E-state index >= 15 is 0 Å². The van der Waals surface area contributed by atoms with Crippen molar-refractivity contribution in [1.29, 1.82) is 0 Å². The summed E-state index contributed by atoms with van der Waals surface area (Å²) in [6, 6.07) is 11.4. The lowest BCUT2D eigenvalue weighted by molar-refractivity contribution is 0.929. The average molecular weight is 231 g/mol. The molecule has 2 aromatic heterocycles. The third-order valence-corrected chi connectivity index (χ3v) is 2.52. The molecule has 0 N–H and O–H groups in total. The fraction of sp³-hybridized carbons (Fsp3) is 0. The number of nitrogens with zero attached hydrogens (tertiary/aromatic N) is 4. The van der Waals surface area contributed by atoms with Gasteiger partial charge in [-0.05, 0) is 24.3 Å². The molecule has 16 heavy (non-hydrogen) atoms. The largest absolute Gasteiger partial charge is 0.281 e. The molecule has 0 saturated carbocycles. The Labute approximate surface area is 96.5 Å². The molecule has 0 aliphatic carbocycles. The van der Waals surface area contributed by atoms with Gasteiger partial charge in [-0.1, -0.05) is 23.7 Å². The van der Waals surface area contributed by atoms with Crippen molar-refractivity contribution >= 4 is 22.6 Å². The summed E-state index contributed by atoms with van der Waals surface area (Å²) < 4.78 is 1.87. The van der Waals surface area contributed by atoms with Crippen molar-refractivity contribution in [2.75, 3.05) is 0 Å². The highest BCUT2D eigenvalue weighted by Gasteiger charge is 2.04. The predicted molar refractivity (Wildman–Crippen MR) is 61.7 cm³/mol. The molecule has 1 aromatic carbocycles. The molecule has 3 aromatic rings. The van der Waals surface area contributed by atoms with Crippen LogP contribution in [0.5, 0.6) is 0 Å². The van der Waals surface area contributed by atoms with Crippen molar-refractivity contribution in [2.24, 2.45) is 0 Å². The summed E-state index contributed by atoms with van der Waals surface area (Å²) in [4.78, 5) is 4.28. The van der Waals surface area contributed by atoms with E-state index in [0.29, 0.717) is 11.0 Å². The number of halogens is 1. The molecule has 0 atom stereocenters. The zero-order chi connectivity index (χ0) is 11.0. The summed E-state index contributed by atoms with van der Waals surface area (Å²) in [5.74, 6) is 0.707. The van der Waals surface area contributed by atoms with Gasteiger partial charge in [0.15, 0.2) is 11.0 Å². The highest BCUT2D eigenvalue weighted by atomic mass is 35.5. The van der Waals surface area contributed by atoms with E-state index in [4.69, 9.17) is 11.6 Å². The van der Waals surface area contributed by atoms with E-state index in [9.17, 15) is 0 Å². The van der Waals surface area contributed by atoms with Gasteiger partial charge >= 0.3 is 0 Å². The van der Waals surface area contributed by atoms with Crippen LogP contribution in [0.2, 0.25) is 5.15 Å². The molecule has 4 nitrogen and oxygen atoms in total. The first kappa shape index (κ1) is 9.30. The fourth-order valence-electron chi connectivity index (χ4n) is 1.58. The van der Waals surface area contributed by atoms with Gasteiger partial charge in [0.2, 0.25) is 0 Å². The number of benzene rings is 1. The molecular weight excluding hydrogens is 224 g/mol. The van der Waals surface area contributed by atoms with Crippen molar-refractivity contribution in [3.8, 4) is 5.82 Å². The first-order valence-corrected chi connectivity index (χ1v) is 5.14. The van der Waals surface area contributed by atoms with Crippen LogP contribution in [0.3, 0.4) is 0 Å². The fourth-order valence-corrected chi connectivity index (χ4v) is 1.68. The van der Waals surface area contributed by atoms with Crippen LogP contribution in [-0.2, 0) is 0 Å². The van der Waals surface area contributed by atoms with Gasteiger partial charge in [0.25, 0.3) is 0 Å². The molecule has 0 fully saturated rings. The molecule has 3 rings (SSSR count). The number of para-hydroxylation sites is 2. The average Bonchev–Trinajstić information content (AvgIpc) is 2.74. The van der Waals surface area contributed by atoms with Gasteiger partial charge < -0.3 is 0 Å². The molecule has 0 saturated heterocycles. The normalized spacial score (nSPS) is 10.8. The number of imidazole rings is 1. The zero-order valence-corrected chi connectivity index (χ0v) is 8.96. The van der Waals surface area contributed by atoms with E-state index in [1.54, 1.807) is 12.4 Å². The first-order valence-electron chi connectivity index (χ1n) is 4.76. The van der Waals surface area contributed by atoms with Gasteiger partial charge in [0.05, 0.1) is 11.0 Å². The van der Waals surface area contributed by atoms with E-state index in [1.165, 1.54) is 0 Å². The molecule has 78 valence electrons. The Morgan fingerprint density at radius 1 is 1.00 bits per heavy atom.